The third-order valence-electron chi connectivity index (χ3n) is 4.14. The van der Waals surface area contributed by atoms with Gasteiger partial charge in [-0.05, 0) is 5.56 Å². The molecule has 1 aliphatic heterocycles. The fraction of sp³-hybridized carbons (Fsp3) is 0.263. The molecular weight excluding hydrogens is 394 g/mol. The number of benzene rings is 1. The van der Waals surface area contributed by atoms with Crippen LogP contribution in [0.2, 0.25) is 0 Å². The molecule has 1 saturated heterocycles. The number of carbonyl (C=O) groups is 4. The molecule has 9 nitrogen and oxygen atoms in total. The highest BCUT2D eigenvalue weighted by Crippen LogP contribution is 2.19. The van der Waals surface area contributed by atoms with Gasteiger partial charge in [-0.2, -0.15) is 0 Å². The Morgan fingerprint density at radius 2 is 1.97 bits per heavy atom. The van der Waals surface area contributed by atoms with Crippen LogP contribution in [-0.2, 0) is 20.8 Å². The van der Waals surface area contributed by atoms with Crippen LogP contribution in [0.3, 0.4) is 0 Å². The molecule has 2 unspecified atom stereocenters. The second kappa shape index (κ2) is 9.78. The molecule has 0 spiro atoms. The normalized spacial score (nSPS) is 16.3. The van der Waals surface area contributed by atoms with Crippen LogP contribution in [0.1, 0.15) is 16.1 Å². The predicted octanol–water partition coefficient (Wildman–Crippen LogP) is -0.308. The lowest BCUT2D eigenvalue weighted by Gasteiger charge is -2.24. The number of hydrogen-bond donors (Lipinski definition) is 3. The van der Waals surface area contributed by atoms with Gasteiger partial charge < -0.3 is 16.0 Å². The van der Waals surface area contributed by atoms with E-state index in [1.54, 1.807) is 0 Å². The monoisotopic (exact) mass is 413 g/mol. The Balaban J connectivity index is 1.61. The van der Waals surface area contributed by atoms with E-state index in [4.69, 9.17) is 0 Å². The fourth-order valence-corrected chi connectivity index (χ4v) is 3.19. The van der Waals surface area contributed by atoms with Crippen LogP contribution in [0.25, 0.3) is 0 Å². The highest BCUT2D eigenvalue weighted by molar-refractivity contribution is 8.16. The summed E-state index contributed by atoms with van der Waals surface area (Å²) in [6.45, 7) is -0.292. The number of carbonyl (C=O) groups excluding carboxylic acids is 4. The first kappa shape index (κ1) is 20.5. The van der Waals surface area contributed by atoms with Crippen molar-refractivity contribution in [2.75, 3.05) is 12.3 Å². The lowest BCUT2D eigenvalue weighted by Crippen LogP contribution is -2.53. The molecule has 0 bridgehead atoms. The van der Waals surface area contributed by atoms with Crippen molar-refractivity contribution in [2.24, 2.45) is 0 Å². The zero-order valence-corrected chi connectivity index (χ0v) is 16.1. The summed E-state index contributed by atoms with van der Waals surface area (Å²) in [6, 6.07) is 7.76. The molecule has 2 atom stereocenters. The molecule has 0 radical (unpaired) electrons. The molecule has 3 amide bonds. The zero-order chi connectivity index (χ0) is 20.6. The number of nitrogens with one attached hydrogen (secondary N) is 3. The van der Waals surface area contributed by atoms with E-state index in [1.165, 1.54) is 18.6 Å². The van der Waals surface area contributed by atoms with Gasteiger partial charge in [0.2, 0.25) is 16.9 Å². The van der Waals surface area contributed by atoms with Gasteiger partial charge >= 0.3 is 0 Å². The van der Waals surface area contributed by atoms with Crippen molar-refractivity contribution in [1.29, 1.82) is 0 Å². The Hall–Kier alpha value is -3.27. The quantitative estimate of drug-likeness (QED) is 0.541. The summed E-state index contributed by atoms with van der Waals surface area (Å²) in [7, 11) is 0. The van der Waals surface area contributed by atoms with Gasteiger partial charge in [-0.3, -0.25) is 24.2 Å². The van der Waals surface area contributed by atoms with Crippen LogP contribution in [0.4, 0.5) is 0 Å². The molecule has 150 valence electrons. The number of thioether (sulfide) groups is 1. The fourth-order valence-electron chi connectivity index (χ4n) is 2.58. The Kier molecular flexibility index (Phi) is 6.90. The summed E-state index contributed by atoms with van der Waals surface area (Å²) in [5.41, 5.74) is 0.922. The molecule has 1 aliphatic rings. The topological polar surface area (TPSA) is 130 Å². The van der Waals surface area contributed by atoms with Crippen molar-refractivity contribution < 1.29 is 19.2 Å². The lowest BCUT2D eigenvalue weighted by atomic mass is 10.0. The van der Waals surface area contributed by atoms with Crippen molar-refractivity contribution in [3.05, 3.63) is 60.2 Å². The SMILES string of the molecule is O=C(CNC(=O)C(Cc1ccccc1)NC(=O)c1cnccn1)NC1CSC1=O. The summed E-state index contributed by atoms with van der Waals surface area (Å²) >= 11 is 1.15. The van der Waals surface area contributed by atoms with E-state index >= 15 is 0 Å². The van der Waals surface area contributed by atoms with E-state index in [0.717, 1.165) is 17.3 Å². The van der Waals surface area contributed by atoms with Gasteiger partial charge in [-0.1, -0.05) is 42.1 Å². The molecular formula is C19H19N5O4S. The Labute approximate surface area is 171 Å². The Morgan fingerprint density at radius 3 is 2.59 bits per heavy atom. The molecule has 3 rings (SSSR count). The maximum Gasteiger partial charge on any atom is 0.272 e. The lowest BCUT2D eigenvalue weighted by molar-refractivity contribution is -0.128. The Morgan fingerprint density at radius 1 is 1.17 bits per heavy atom. The maximum atomic E-state index is 12.6. The summed E-state index contributed by atoms with van der Waals surface area (Å²) in [5.74, 6) is -0.995. The molecule has 0 aliphatic carbocycles. The van der Waals surface area contributed by atoms with Crippen molar-refractivity contribution in [1.82, 2.24) is 25.9 Å². The van der Waals surface area contributed by atoms with Gasteiger partial charge in [0.05, 0.1) is 12.7 Å². The zero-order valence-electron chi connectivity index (χ0n) is 15.3. The van der Waals surface area contributed by atoms with Crippen molar-refractivity contribution in [2.45, 2.75) is 18.5 Å². The van der Waals surface area contributed by atoms with Crippen molar-refractivity contribution in [3.63, 3.8) is 0 Å². The minimum atomic E-state index is -0.916. The molecule has 1 aromatic carbocycles. The molecule has 1 aromatic heterocycles. The highest BCUT2D eigenvalue weighted by atomic mass is 32.2. The second-order valence-corrected chi connectivity index (χ2v) is 7.30. The van der Waals surface area contributed by atoms with Crippen LogP contribution in [0.15, 0.2) is 48.9 Å². The summed E-state index contributed by atoms with van der Waals surface area (Å²) in [4.78, 5) is 56.0. The number of aromatic nitrogens is 2. The van der Waals surface area contributed by atoms with Gasteiger partial charge in [0, 0.05) is 24.6 Å². The first-order valence-corrected chi connectivity index (χ1v) is 9.86. The number of nitrogens with zero attached hydrogens (tertiary/aromatic N) is 2. The average Bonchev–Trinajstić information content (AvgIpc) is 2.75. The number of amides is 3. The molecule has 29 heavy (non-hydrogen) atoms. The predicted molar refractivity (Wildman–Crippen MR) is 106 cm³/mol. The average molecular weight is 413 g/mol. The van der Waals surface area contributed by atoms with Crippen LogP contribution in [0, 0.1) is 0 Å². The van der Waals surface area contributed by atoms with E-state index in [0.29, 0.717) is 5.75 Å². The van der Waals surface area contributed by atoms with Gasteiger partial charge in [0.1, 0.15) is 17.8 Å². The minimum absolute atomic E-state index is 0.0806. The summed E-state index contributed by atoms with van der Waals surface area (Å²) in [5, 5.41) is 7.59. The first-order valence-electron chi connectivity index (χ1n) is 8.87. The minimum Gasteiger partial charge on any atom is -0.345 e. The molecule has 0 saturated carbocycles. The van der Waals surface area contributed by atoms with Crippen LogP contribution in [-0.4, -0.2) is 57.2 Å². The van der Waals surface area contributed by atoms with E-state index in [1.807, 2.05) is 30.3 Å². The Bertz CT molecular complexity index is 894. The molecule has 3 N–H and O–H groups in total. The van der Waals surface area contributed by atoms with E-state index in [-0.39, 0.29) is 23.8 Å². The maximum absolute atomic E-state index is 12.6. The van der Waals surface area contributed by atoms with Crippen LogP contribution in [0.5, 0.6) is 0 Å². The van der Waals surface area contributed by atoms with Crippen LogP contribution >= 0.6 is 11.8 Å². The number of hydrogen-bond acceptors (Lipinski definition) is 7. The summed E-state index contributed by atoms with van der Waals surface area (Å²) in [6.07, 6.45) is 4.35. The van der Waals surface area contributed by atoms with E-state index in [2.05, 4.69) is 25.9 Å². The third-order valence-corrected chi connectivity index (χ3v) is 5.20. The van der Waals surface area contributed by atoms with Gasteiger partial charge in [-0.15, -0.1) is 0 Å². The van der Waals surface area contributed by atoms with Gasteiger partial charge in [0.15, 0.2) is 0 Å². The van der Waals surface area contributed by atoms with E-state index in [9.17, 15) is 19.2 Å². The molecule has 1 fully saturated rings. The largest absolute Gasteiger partial charge is 0.345 e. The molecule has 2 aromatic rings. The number of rotatable bonds is 8. The first-order chi connectivity index (χ1) is 14.0. The smallest absolute Gasteiger partial charge is 0.272 e. The highest BCUT2D eigenvalue weighted by Gasteiger charge is 2.31. The van der Waals surface area contributed by atoms with E-state index < -0.39 is 29.8 Å². The third kappa shape index (κ3) is 5.85. The summed E-state index contributed by atoms with van der Waals surface area (Å²) < 4.78 is 0. The standard InChI is InChI=1S/C19H19N5O4S/c25-16(23-15-11-29-19(15)28)10-22-17(26)13(8-12-4-2-1-3-5-12)24-18(27)14-9-20-6-7-21-14/h1-7,9,13,15H,8,10-11H2,(H,22,26)(H,23,25)(H,24,27). The molecule has 10 heteroatoms. The second-order valence-electron chi connectivity index (χ2n) is 6.27. The molecule has 2 heterocycles. The van der Waals surface area contributed by atoms with Crippen molar-refractivity contribution in [3.8, 4) is 0 Å². The van der Waals surface area contributed by atoms with Crippen LogP contribution < -0.4 is 16.0 Å². The van der Waals surface area contributed by atoms with Gasteiger partial charge in [-0.25, -0.2) is 4.98 Å². The van der Waals surface area contributed by atoms with Crippen molar-refractivity contribution >= 4 is 34.6 Å². The van der Waals surface area contributed by atoms with Gasteiger partial charge in [0.25, 0.3) is 5.91 Å².